The second-order valence-electron chi connectivity index (χ2n) is 5.03. The molecule has 8 nitrogen and oxygen atoms in total. The number of carbonyl (C=O) groups is 1. The van der Waals surface area contributed by atoms with Gasteiger partial charge in [-0.05, 0) is 18.2 Å². The standard InChI is InChI=1S/C16H18N4O4/c1-22-13-4-2-3-5-14(13)24-19-15(21)12-6-7-17-16(18-12)20-8-10-23-11-9-20/h2-7H,8-11H2,1H3,(H,19,21). The molecule has 2 heterocycles. The Balaban J connectivity index is 1.66. The maximum atomic E-state index is 12.2. The van der Waals surface area contributed by atoms with Crippen molar-refractivity contribution >= 4 is 11.9 Å². The summed E-state index contributed by atoms with van der Waals surface area (Å²) in [7, 11) is 1.53. The van der Waals surface area contributed by atoms with Crippen molar-refractivity contribution in [2.45, 2.75) is 0 Å². The summed E-state index contributed by atoms with van der Waals surface area (Å²) in [6, 6.07) is 8.56. The normalized spacial score (nSPS) is 14.1. The number of benzene rings is 1. The average Bonchev–Trinajstić information content (AvgIpc) is 2.67. The molecule has 1 aliphatic rings. The number of methoxy groups -OCH3 is 1. The number of carbonyl (C=O) groups excluding carboxylic acids is 1. The third-order valence-corrected chi connectivity index (χ3v) is 3.49. The van der Waals surface area contributed by atoms with E-state index in [1.807, 2.05) is 11.0 Å². The minimum absolute atomic E-state index is 0.224. The van der Waals surface area contributed by atoms with Crippen LogP contribution in [0.2, 0.25) is 0 Å². The summed E-state index contributed by atoms with van der Waals surface area (Å²) in [6.45, 7) is 2.64. The van der Waals surface area contributed by atoms with Crippen molar-refractivity contribution in [2.75, 3.05) is 38.3 Å². The topological polar surface area (TPSA) is 85.8 Å². The maximum absolute atomic E-state index is 12.2. The quantitative estimate of drug-likeness (QED) is 0.820. The average molecular weight is 330 g/mol. The molecular formula is C16H18N4O4. The van der Waals surface area contributed by atoms with E-state index in [9.17, 15) is 4.79 Å². The van der Waals surface area contributed by atoms with Crippen LogP contribution in [0.5, 0.6) is 11.5 Å². The first kappa shape index (κ1) is 16.0. The number of rotatable bonds is 5. The number of aromatic nitrogens is 2. The fourth-order valence-electron chi connectivity index (χ4n) is 2.25. The maximum Gasteiger partial charge on any atom is 0.302 e. The third-order valence-electron chi connectivity index (χ3n) is 3.49. The van der Waals surface area contributed by atoms with Crippen molar-refractivity contribution in [1.82, 2.24) is 15.4 Å². The first-order valence-corrected chi connectivity index (χ1v) is 7.54. The van der Waals surface area contributed by atoms with Crippen LogP contribution in [0.4, 0.5) is 5.95 Å². The van der Waals surface area contributed by atoms with Gasteiger partial charge in [-0.2, -0.15) is 5.48 Å². The molecule has 1 aromatic carbocycles. The van der Waals surface area contributed by atoms with E-state index in [2.05, 4.69) is 15.4 Å². The molecule has 1 aromatic heterocycles. The van der Waals surface area contributed by atoms with Crippen LogP contribution < -0.4 is 20.0 Å². The Labute approximate surface area is 139 Å². The number of ether oxygens (including phenoxy) is 2. The number of anilines is 1. The smallest absolute Gasteiger partial charge is 0.302 e. The molecule has 2 aromatic rings. The van der Waals surface area contributed by atoms with E-state index in [-0.39, 0.29) is 5.69 Å². The molecule has 24 heavy (non-hydrogen) atoms. The van der Waals surface area contributed by atoms with Gasteiger partial charge >= 0.3 is 5.91 Å². The summed E-state index contributed by atoms with van der Waals surface area (Å²) < 4.78 is 10.5. The van der Waals surface area contributed by atoms with E-state index in [0.29, 0.717) is 43.8 Å². The molecular weight excluding hydrogens is 312 g/mol. The van der Waals surface area contributed by atoms with Crippen LogP contribution in [0.1, 0.15) is 10.5 Å². The second-order valence-corrected chi connectivity index (χ2v) is 5.03. The number of amides is 1. The lowest BCUT2D eigenvalue weighted by molar-refractivity contribution is 0.0748. The third kappa shape index (κ3) is 3.72. The molecule has 0 spiro atoms. The van der Waals surface area contributed by atoms with Gasteiger partial charge in [0.05, 0.1) is 20.3 Å². The zero-order valence-corrected chi connectivity index (χ0v) is 13.3. The van der Waals surface area contributed by atoms with Crippen molar-refractivity contribution in [2.24, 2.45) is 0 Å². The van der Waals surface area contributed by atoms with E-state index in [1.165, 1.54) is 13.2 Å². The second kappa shape index (κ2) is 7.60. The predicted octanol–water partition coefficient (Wildman–Crippen LogP) is 1.05. The molecule has 1 amide bonds. The Morgan fingerprint density at radius 3 is 2.71 bits per heavy atom. The van der Waals surface area contributed by atoms with Crippen molar-refractivity contribution in [3.63, 3.8) is 0 Å². The number of para-hydroxylation sites is 2. The summed E-state index contributed by atoms with van der Waals surface area (Å²) in [5.74, 6) is 0.978. The lowest BCUT2D eigenvalue weighted by atomic mass is 10.3. The van der Waals surface area contributed by atoms with Crippen LogP contribution in [0, 0.1) is 0 Å². The summed E-state index contributed by atoms with van der Waals surface area (Å²) >= 11 is 0. The van der Waals surface area contributed by atoms with Gasteiger partial charge in [0, 0.05) is 19.3 Å². The van der Waals surface area contributed by atoms with Crippen LogP contribution in [0.3, 0.4) is 0 Å². The number of nitrogens with one attached hydrogen (secondary N) is 1. The number of morpholine rings is 1. The first-order valence-electron chi connectivity index (χ1n) is 7.54. The first-order chi connectivity index (χ1) is 11.8. The highest BCUT2D eigenvalue weighted by Crippen LogP contribution is 2.24. The van der Waals surface area contributed by atoms with Crippen molar-refractivity contribution < 1.29 is 19.1 Å². The highest BCUT2D eigenvalue weighted by atomic mass is 16.7. The molecule has 0 radical (unpaired) electrons. The zero-order valence-electron chi connectivity index (χ0n) is 13.3. The Morgan fingerprint density at radius 1 is 1.21 bits per heavy atom. The largest absolute Gasteiger partial charge is 0.493 e. The molecule has 126 valence electrons. The van der Waals surface area contributed by atoms with Gasteiger partial charge < -0.3 is 19.2 Å². The SMILES string of the molecule is COc1ccccc1ONC(=O)c1ccnc(N2CCOCC2)n1. The Kier molecular flexibility index (Phi) is 5.07. The summed E-state index contributed by atoms with van der Waals surface area (Å²) in [4.78, 5) is 28.0. The Morgan fingerprint density at radius 2 is 1.96 bits per heavy atom. The number of hydrogen-bond acceptors (Lipinski definition) is 7. The van der Waals surface area contributed by atoms with Gasteiger partial charge in [-0.15, -0.1) is 0 Å². The summed E-state index contributed by atoms with van der Waals surface area (Å²) in [5.41, 5.74) is 2.59. The van der Waals surface area contributed by atoms with Crippen LogP contribution in [0.15, 0.2) is 36.5 Å². The Bertz CT molecular complexity index is 704. The van der Waals surface area contributed by atoms with Gasteiger partial charge in [0.15, 0.2) is 11.5 Å². The van der Waals surface area contributed by atoms with E-state index in [1.54, 1.807) is 24.4 Å². The minimum atomic E-state index is -0.460. The molecule has 3 rings (SSSR count). The molecule has 0 unspecified atom stereocenters. The molecule has 0 bridgehead atoms. The van der Waals surface area contributed by atoms with E-state index < -0.39 is 5.91 Å². The van der Waals surface area contributed by atoms with Crippen LogP contribution in [-0.4, -0.2) is 49.3 Å². The zero-order chi connectivity index (χ0) is 16.8. The molecule has 1 N–H and O–H groups in total. The van der Waals surface area contributed by atoms with Crippen LogP contribution in [-0.2, 0) is 4.74 Å². The fraction of sp³-hybridized carbons (Fsp3) is 0.312. The molecule has 1 aliphatic heterocycles. The highest BCUT2D eigenvalue weighted by Gasteiger charge is 2.16. The van der Waals surface area contributed by atoms with Crippen molar-refractivity contribution in [3.8, 4) is 11.5 Å². The van der Waals surface area contributed by atoms with Gasteiger partial charge in [-0.25, -0.2) is 9.97 Å². The van der Waals surface area contributed by atoms with E-state index in [4.69, 9.17) is 14.3 Å². The van der Waals surface area contributed by atoms with Crippen LogP contribution >= 0.6 is 0 Å². The fourth-order valence-corrected chi connectivity index (χ4v) is 2.25. The molecule has 1 saturated heterocycles. The number of hydroxylamine groups is 1. The molecule has 0 atom stereocenters. The predicted molar refractivity (Wildman–Crippen MR) is 86.2 cm³/mol. The van der Waals surface area contributed by atoms with Gasteiger partial charge in [0.1, 0.15) is 5.69 Å². The monoisotopic (exact) mass is 330 g/mol. The Hall–Kier alpha value is -2.87. The van der Waals surface area contributed by atoms with Gasteiger partial charge in [-0.3, -0.25) is 4.79 Å². The number of hydrogen-bond donors (Lipinski definition) is 1. The van der Waals surface area contributed by atoms with Gasteiger partial charge in [0.25, 0.3) is 0 Å². The molecule has 0 aliphatic carbocycles. The van der Waals surface area contributed by atoms with Crippen molar-refractivity contribution in [3.05, 3.63) is 42.2 Å². The van der Waals surface area contributed by atoms with E-state index >= 15 is 0 Å². The molecule has 0 saturated carbocycles. The lowest BCUT2D eigenvalue weighted by Crippen LogP contribution is -2.38. The molecule has 1 fully saturated rings. The van der Waals surface area contributed by atoms with Gasteiger partial charge in [0.2, 0.25) is 5.95 Å². The minimum Gasteiger partial charge on any atom is -0.493 e. The van der Waals surface area contributed by atoms with Gasteiger partial charge in [-0.1, -0.05) is 12.1 Å². The highest BCUT2D eigenvalue weighted by molar-refractivity contribution is 5.91. The molecule has 8 heteroatoms. The number of nitrogens with zero attached hydrogens (tertiary/aromatic N) is 3. The summed E-state index contributed by atoms with van der Waals surface area (Å²) in [6.07, 6.45) is 1.55. The summed E-state index contributed by atoms with van der Waals surface area (Å²) in [5, 5.41) is 0. The van der Waals surface area contributed by atoms with Crippen LogP contribution in [0.25, 0.3) is 0 Å². The van der Waals surface area contributed by atoms with Crippen molar-refractivity contribution in [1.29, 1.82) is 0 Å². The lowest BCUT2D eigenvalue weighted by Gasteiger charge is -2.26. The van der Waals surface area contributed by atoms with E-state index in [0.717, 1.165) is 0 Å².